The Hall–Kier alpha value is -1.33. The molecule has 2 heterocycles. The summed E-state index contributed by atoms with van der Waals surface area (Å²) in [6.45, 7) is 3.97. The van der Waals surface area contributed by atoms with E-state index < -0.39 is 5.97 Å². The molecule has 1 aromatic heterocycles. The van der Waals surface area contributed by atoms with Crippen LogP contribution in [0.1, 0.15) is 22.7 Å². The van der Waals surface area contributed by atoms with Crippen molar-refractivity contribution in [3.63, 3.8) is 0 Å². The number of carbonyl (C=O) groups excluding carboxylic acids is 1. The van der Waals surface area contributed by atoms with Crippen molar-refractivity contribution in [1.29, 1.82) is 0 Å². The Balaban J connectivity index is 1.73. The minimum Gasteiger partial charge on any atom is -0.463 e. The lowest BCUT2D eigenvalue weighted by atomic mass is 10.1. The van der Waals surface area contributed by atoms with Crippen LogP contribution in [0.2, 0.25) is 0 Å². The summed E-state index contributed by atoms with van der Waals surface area (Å²) < 4.78 is 9.96. The molecule has 1 aliphatic heterocycles. The largest absolute Gasteiger partial charge is 0.463 e. The van der Waals surface area contributed by atoms with E-state index >= 15 is 0 Å². The fourth-order valence-electron chi connectivity index (χ4n) is 2.28. The molecular formula is C13H20N2O3. The van der Waals surface area contributed by atoms with E-state index in [2.05, 4.69) is 22.0 Å². The summed E-state index contributed by atoms with van der Waals surface area (Å²) in [6.07, 6.45) is 1.25. The molecule has 5 nitrogen and oxygen atoms in total. The van der Waals surface area contributed by atoms with Gasteiger partial charge in [0.1, 0.15) is 5.76 Å². The van der Waals surface area contributed by atoms with E-state index in [1.165, 1.54) is 20.1 Å². The molecule has 2 rings (SSSR count). The first kappa shape index (κ1) is 13.1. The first-order chi connectivity index (χ1) is 8.69. The van der Waals surface area contributed by atoms with Crippen LogP contribution in [0.5, 0.6) is 0 Å². The molecule has 1 aliphatic rings. The van der Waals surface area contributed by atoms with Gasteiger partial charge in [-0.1, -0.05) is 0 Å². The summed E-state index contributed by atoms with van der Waals surface area (Å²) in [5.41, 5.74) is 0. The van der Waals surface area contributed by atoms with Crippen LogP contribution >= 0.6 is 0 Å². The lowest BCUT2D eigenvalue weighted by Gasteiger charge is -2.10. The second-order valence-corrected chi connectivity index (χ2v) is 4.81. The SMILES string of the molecule is COC(=O)c1ccc(CNCC2CCN(C)C2)o1. The topological polar surface area (TPSA) is 54.7 Å². The third-order valence-corrected chi connectivity index (χ3v) is 3.27. The minimum absolute atomic E-state index is 0.259. The predicted molar refractivity (Wildman–Crippen MR) is 67.4 cm³/mol. The average molecular weight is 252 g/mol. The molecule has 0 bridgehead atoms. The Bertz CT molecular complexity index is 403. The molecule has 1 unspecified atom stereocenters. The lowest BCUT2D eigenvalue weighted by Crippen LogP contribution is -2.24. The third-order valence-electron chi connectivity index (χ3n) is 3.27. The number of nitrogens with one attached hydrogen (secondary N) is 1. The molecule has 1 aromatic rings. The Morgan fingerprint density at radius 1 is 1.61 bits per heavy atom. The van der Waals surface area contributed by atoms with E-state index in [1.54, 1.807) is 12.1 Å². The average Bonchev–Trinajstić information content (AvgIpc) is 2.98. The fourth-order valence-corrected chi connectivity index (χ4v) is 2.28. The smallest absolute Gasteiger partial charge is 0.373 e. The van der Waals surface area contributed by atoms with Crippen molar-refractivity contribution in [2.24, 2.45) is 5.92 Å². The number of methoxy groups -OCH3 is 1. The summed E-state index contributed by atoms with van der Waals surface area (Å²) in [4.78, 5) is 13.5. The first-order valence-corrected chi connectivity index (χ1v) is 6.25. The number of ether oxygens (including phenoxy) is 1. The Morgan fingerprint density at radius 3 is 3.11 bits per heavy atom. The van der Waals surface area contributed by atoms with Gasteiger partial charge >= 0.3 is 5.97 Å². The number of furan rings is 1. The maximum absolute atomic E-state index is 11.2. The van der Waals surface area contributed by atoms with Crippen molar-refractivity contribution in [3.05, 3.63) is 23.7 Å². The third kappa shape index (κ3) is 3.34. The highest BCUT2D eigenvalue weighted by Gasteiger charge is 2.18. The van der Waals surface area contributed by atoms with Gasteiger partial charge in [-0.3, -0.25) is 0 Å². The van der Waals surface area contributed by atoms with Crippen molar-refractivity contribution < 1.29 is 13.9 Å². The molecule has 0 radical (unpaired) electrons. The van der Waals surface area contributed by atoms with E-state index in [1.807, 2.05) is 0 Å². The Kier molecular flexibility index (Phi) is 4.38. The highest BCUT2D eigenvalue weighted by molar-refractivity contribution is 5.86. The molecule has 5 heteroatoms. The summed E-state index contributed by atoms with van der Waals surface area (Å²) in [5, 5.41) is 3.36. The number of hydrogen-bond acceptors (Lipinski definition) is 5. The van der Waals surface area contributed by atoms with Crippen LogP contribution in [0.15, 0.2) is 16.5 Å². The molecule has 0 spiro atoms. The molecule has 0 saturated carbocycles. The molecule has 18 heavy (non-hydrogen) atoms. The van der Waals surface area contributed by atoms with Crippen molar-refractivity contribution in [3.8, 4) is 0 Å². The summed E-state index contributed by atoms with van der Waals surface area (Å²) in [7, 11) is 3.49. The number of carbonyl (C=O) groups is 1. The van der Waals surface area contributed by atoms with Gasteiger partial charge < -0.3 is 19.4 Å². The van der Waals surface area contributed by atoms with Gasteiger partial charge in [0.05, 0.1) is 13.7 Å². The van der Waals surface area contributed by atoms with Gasteiger partial charge in [0.25, 0.3) is 0 Å². The van der Waals surface area contributed by atoms with Gasteiger partial charge in [-0.15, -0.1) is 0 Å². The monoisotopic (exact) mass is 252 g/mol. The number of nitrogens with zero attached hydrogens (tertiary/aromatic N) is 1. The zero-order valence-corrected chi connectivity index (χ0v) is 10.9. The van der Waals surface area contributed by atoms with Crippen LogP contribution in [0, 0.1) is 5.92 Å². The van der Waals surface area contributed by atoms with E-state index in [4.69, 9.17) is 4.42 Å². The maximum atomic E-state index is 11.2. The van der Waals surface area contributed by atoms with Crippen molar-refractivity contribution in [2.45, 2.75) is 13.0 Å². The van der Waals surface area contributed by atoms with E-state index in [9.17, 15) is 4.79 Å². The van der Waals surface area contributed by atoms with Gasteiger partial charge in [-0.05, 0) is 44.6 Å². The highest BCUT2D eigenvalue weighted by Crippen LogP contribution is 2.13. The maximum Gasteiger partial charge on any atom is 0.373 e. The second kappa shape index (κ2) is 6.02. The first-order valence-electron chi connectivity index (χ1n) is 6.25. The minimum atomic E-state index is -0.432. The van der Waals surface area contributed by atoms with Gasteiger partial charge in [-0.25, -0.2) is 4.79 Å². The quantitative estimate of drug-likeness (QED) is 0.796. The molecule has 1 saturated heterocycles. The van der Waals surface area contributed by atoms with Crippen LogP contribution in [0.25, 0.3) is 0 Å². The zero-order chi connectivity index (χ0) is 13.0. The van der Waals surface area contributed by atoms with Crippen LogP contribution in [-0.4, -0.2) is 44.7 Å². The van der Waals surface area contributed by atoms with Crippen LogP contribution < -0.4 is 5.32 Å². The van der Waals surface area contributed by atoms with Crippen LogP contribution in [0.4, 0.5) is 0 Å². The Morgan fingerprint density at radius 2 is 2.44 bits per heavy atom. The Labute approximate surface area is 107 Å². The molecule has 1 fully saturated rings. The van der Waals surface area contributed by atoms with Gasteiger partial charge in [0.2, 0.25) is 5.76 Å². The number of hydrogen-bond donors (Lipinski definition) is 1. The number of rotatable bonds is 5. The highest BCUT2D eigenvalue weighted by atomic mass is 16.5. The summed E-state index contributed by atoms with van der Waals surface area (Å²) in [5.74, 6) is 1.31. The van der Waals surface area contributed by atoms with Gasteiger partial charge in [-0.2, -0.15) is 0 Å². The molecular weight excluding hydrogens is 232 g/mol. The van der Waals surface area contributed by atoms with Crippen molar-refractivity contribution in [1.82, 2.24) is 10.2 Å². The van der Waals surface area contributed by atoms with E-state index in [0.29, 0.717) is 12.5 Å². The van der Waals surface area contributed by atoms with Crippen LogP contribution in [0.3, 0.4) is 0 Å². The van der Waals surface area contributed by atoms with E-state index in [-0.39, 0.29) is 5.76 Å². The van der Waals surface area contributed by atoms with E-state index in [0.717, 1.165) is 18.8 Å². The van der Waals surface area contributed by atoms with Gasteiger partial charge in [0, 0.05) is 6.54 Å². The molecule has 1 atom stereocenters. The fraction of sp³-hybridized carbons (Fsp3) is 0.615. The second-order valence-electron chi connectivity index (χ2n) is 4.81. The van der Waals surface area contributed by atoms with Crippen LogP contribution in [-0.2, 0) is 11.3 Å². The predicted octanol–water partition coefficient (Wildman–Crippen LogP) is 1.11. The molecule has 0 aromatic carbocycles. The van der Waals surface area contributed by atoms with Crippen molar-refractivity contribution in [2.75, 3.05) is 33.8 Å². The van der Waals surface area contributed by atoms with Crippen molar-refractivity contribution >= 4 is 5.97 Å². The standard InChI is InChI=1S/C13H20N2O3/c1-15-6-5-10(9-15)7-14-8-11-3-4-12(18-11)13(16)17-2/h3-4,10,14H,5-9H2,1-2H3. The normalized spacial score (nSPS) is 20.2. The lowest BCUT2D eigenvalue weighted by molar-refractivity contribution is 0.0563. The summed E-state index contributed by atoms with van der Waals surface area (Å²) >= 11 is 0. The molecule has 100 valence electrons. The zero-order valence-electron chi connectivity index (χ0n) is 10.9. The molecule has 0 amide bonds. The number of esters is 1. The molecule has 1 N–H and O–H groups in total. The molecule has 0 aliphatic carbocycles. The number of likely N-dealkylation sites (tertiary alicyclic amines) is 1. The summed E-state index contributed by atoms with van der Waals surface area (Å²) in [6, 6.07) is 3.45. The van der Waals surface area contributed by atoms with Gasteiger partial charge in [0.15, 0.2) is 0 Å².